The predicted molar refractivity (Wildman–Crippen MR) is 77.0 cm³/mol. The number of rotatable bonds is 6. The monoisotopic (exact) mass is 291 g/mol. The third-order valence-electron chi connectivity index (χ3n) is 2.49. The van der Waals surface area contributed by atoms with Gasteiger partial charge in [0.15, 0.2) is 0 Å². The normalized spacial score (nSPS) is 11.9. The maximum atomic E-state index is 10.9. The summed E-state index contributed by atoms with van der Waals surface area (Å²) in [6.07, 6.45) is 3.75. The van der Waals surface area contributed by atoms with E-state index in [0.717, 1.165) is 6.07 Å². The highest BCUT2D eigenvalue weighted by Gasteiger charge is 2.18. The van der Waals surface area contributed by atoms with Gasteiger partial charge in [-0.05, 0) is 31.1 Å². The number of non-ortho nitro benzene ring substituents is 1. The molecule has 0 spiro atoms. The molecule has 1 rings (SSSR count). The lowest BCUT2D eigenvalue weighted by Crippen LogP contribution is -1.98. The van der Waals surface area contributed by atoms with E-state index in [2.05, 4.69) is 5.32 Å². The molecule has 110 valence electrons. The molecule has 1 N–H and O–H groups in total. The van der Waals surface area contributed by atoms with Crippen molar-refractivity contribution in [3.05, 3.63) is 61.8 Å². The van der Waals surface area contributed by atoms with Crippen LogP contribution in [0.1, 0.15) is 13.8 Å². The SMILES string of the molecule is C/C(C=O)=C\C(C)=C\Nc1ccc([N+](=O)[O-])cc1[N+](=O)[O-]. The number of carbonyl (C=O) groups excluding carboxylic acids is 1. The van der Waals surface area contributed by atoms with Crippen molar-refractivity contribution >= 4 is 23.3 Å². The molecule has 0 saturated carbocycles. The zero-order chi connectivity index (χ0) is 16.0. The highest BCUT2D eigenvalue weighted by atomic mass is 16.6. The number of nitrogens with one attached hydrogen (secondary N) is 1. The maximum absolute atomic E-state index is 10.9. The fraction of sp³-hybridized carbons (Fsp3) is 0.154. The van der Waals surface area contributed by atoms with Crippen molar-refractivity contribution < 1.29 is 14.6 Å². The summed E-state index contributed by atoms with van der Waals surface area (Å²) in [5, 5.41) is 24.2. The van der Waals surface area contributed by atoms with Crippen LogP contribution in [0, 0.1) is 20.2 Å². The largest absolute Gasteiger partial charge is 0.356 e. The molecule has 0 aliphatic carbocycles. The molecule has 0 unspecified atom stereocenters. The highest BCUT2D eigenvalue weighted by Crippen LogP contribution is 2.29. The fourth-order valence-corrected chi connectivity index (χ4v) is 1.53. The summed E-state index contributed by atoms with van der Waals surface area (Å²) in [5.41, 5.74) is 0.548. The van der Waals surface area contributed by atoms with Gasteiger partial charge in [0.25, 0.3) is 11.4 Å². The number of nitro groups is 2. The Hall–Kier alpha value is -3.03. The molecule has 0 heterocycles. The molecule has 0 fully saturated rings. The Labute approximate surface area is 120 Å². The van der Waals surface area contributed by atoms with Crippen LogP contribution in [0.3, 0.4) is 0 Å². The molecule has 0 amide bonds. The number of allylic oxidation sites excluding steroid dienone is 3. The maximum Gasteiger partial charge on any atom is 0.299 e. The minimum Gasteiger partial charge on any atom is -0.356 e. The molecule has 21 heavy (non-hydrogen) atoms. The summed E-state index contributed by atoms with van der Waals surface area (Å²) in [6.45, 7) is 3.33. The predicted octanol–water partition coefficient (Wildman–Crippen LogP) is 2.96. The van der Waals surface area contributed by atoms with E-state index in [9.17, 15) is 25.0 Å². The second kappa shape index (κ2) is 6.94. The second-order valence-electron chi connectivity index (χ2n) is 4.25. The second-order valence-corrected chi connectivity index (χ2v) is 4.25. The van der Waals surface area contributed by atoms with Crippen LogP contribution < -0.4 is 5.32 Å². The Bertz CT molecular complexity index is 649. The van der Waals surface area contributed by atoms with Crippen LogP contribution >= 0.6 is 0 Å². The van der Waals surface area contributed by atoms with Crippen LogP contribution in [-0.4, -0.2) is 16.1 Å². The van der Waals surface area contributed by atoms with Crippen LogP contribution in [-0.2, 0) is 4.79 Å². The average molecular weight is 291 g/mol. The molecule has 0 radical (unpaired) electrons. The van der Waals surface area contributed by atoms with Crippen LogP contribution in [0.4, 0.5) is 17.1 Å². The van der Waals surface area contributed by atoms with E-state index in [1.807, 2.05) is 0 Å². The van der Waals surface area contributed by atoms with Crippen LogP contribution in [0.2, 0.25) is 0 Å². The average Bonchev–Trinajstić information content (AvgIpc) is 2.44. The first-order valence-electron chi connectivity index (χ1n) is 5.84. The first kappa shape index (κ1) is 16.0. The van der Waals surface area contributed by atoms with Gasteiger partial charge in [0.1, 0.15) is 12.0 Å². The van der Waals surface area contributed by atoms with E-state index in [1.54, 1.807) is 19.9 Å². The molecule has 0 aromatic heterocycles. The van der Waals surface area contributed by atoms with Gasteiger partial charge in [0, 0.05) is 12.3 Å². The van der Waals surface area contributed by atoms with Crippen molar-refractivity contribution in [3.63, 3.8) is 0 Å². The first-order chi connectivity index (χ1) is 9.85. The summed E-state index contributed by atoms with van der Waals surface area (Å²) in [5.74, 6) is 0. The van der Waals surface area contributed by atoms with Gasteiger partial charge < -0.3 is 5.32 Å². The fourth-order valence-electron chi connectivity index (χ4n) is 1.53. The van der Waals surface area contributed by atoms with E-state index < -0.39 is 15.5 Å². The van der Waals surface area contributed by atoms with E-state index in [0.29, 0.717) is 17.4 Å². The molecule has 0 aliphatic heterocycles. The van der Waals surface area contributed by atoms with E-state index in [1.165, 1.54) is 18.3 Å². The highest BCUT2D eigenvalue weighted by molar-refractivity contribution is 5.73. The molecule has 0 saturated heterocycles. The number of nitrogens with zero attached hydrogens (tertiary/aromatic N) is 2. The summed E-state index contributed by atoms with van der Waals surface area (Å²) in [6, 6.07) is 3.32. The lowest BCUT2D eigenvalue weighted by Gasteiger charge is -2.03. The van der Waals surface area contributed by atoms with Crippen molar-refractivity contribution in [2.75, 3.05) is 5.32 Å². The van der Waals surface area contributed by atoms with E-state index in [-0.39, 0.29) is 11.4 Å². The summed E-state index contributed by atoms with van der Waals surface area (Å²) < 4.78 is 0. The van der Waals surface area contributed by atoms with Gasteiger partial charge in [-0.1, -0.05) is 6.08 Å². The van der Waals surface area contributed by atoms with Crippen molar-refractivity contribution in [1.82, 2.24) is 0 Å². The molecule has 8 heteroatoms. The number of hydrogen-bond donors (Lipinski definition) is 1. The summed E-state index contributed by atoms with van der Waals surface area (Å²) in [4.78, 5) is 30.6. The lowest BCUT2D eigenvalue weighted by atomic mass is 10.2. The first-order valence-corrected chi connectivity index (χ1v) is 5.84. The van der Waals surface area contributed by atoms with Crippen molar-refractivity contribution in [2.45, 2.75) is 13.8 Å². The quantitative estimate of drug-likeness (QED) is 0.283. The Morgan fingerprint density at radius 3 is 2.33 bits per heavy atom. The number of benzene rings is 1. The van der Waals surface area contributed by atoms with Crippen LogP contribution in [0.5, 0.6) is 0 Å². The molecule has 1 aromatic rings. The summed E-state index contributed by atoms with van der Waals surface area (Å²) >= 11 is 0. The standard InChI is InChI=1S/C13H13N3O5/c1-9(5-10(2)8-17)7-14-12-4-3-11(15(18)19)6-13(12)16(20)21/h3-8,14H,1-2H3/b9-7+,10-5+. The number of anilines is 1. The topological polar surface area (TPSA) is 115 Å². The van der Waals surface area contributed by atoms with E-state index in [4.69, 9.17) is 0 Å². The summed E-state index contributed by atoms with van der Waals surface area (Å²) in [7, 11) is 0. The molecule has 1 aromatic carbocycles. The Balaban J connectivity index is 3.09. The molecular formula is C13H13N3O5. The number of aldehydes is 1. The molecule has 0 aliphatic rings. The molecular weight excluding hydrogens is 278 g/mol. The number of hydrogen-bond acceptors (Lipinski definition) is 6. The smallest absolute Gasteiger partial charge is 0.299 e. The van der Waals surface area contributed by atoms with Crippen molar-refractivity contribution in [1.29, 1.82) is 0 Å². The molecule has 0 bridgehead atoms. The van der Waals surface area contributed by atoms with Crippen molar-refractivity contribution in [3.8, 4) is 0 Å². The number of nitro benzene ring substituents is 2. The number of carbonyl (C=O) groups is 1. The van der Waals surface area contributed by atoms with Crippen molar-refractivity contribution in [2.24, 2.45) is 0 Å². The Morgan fingerprint density at radius 1 is 1.14 bits per heavy atom. The van der Waals surface area contributed by atoms with Gasteiger partial charge in [-0.15, -0.1) is 0 Å². The van der Waals surface area contributed by atoms with Gasteiger partial charge >= 0.3 is 0 Å². The zero-order valence-corrected chi connectivity index (χ0v) is 11.4. The third kappa shape index (κ3) is 4.53. The Kier molecular flexibility index (Phi) is 5.30. The molecule has 0 atom stereocenters. The third-order valence-corrected chi connectivity index (χ3v) is 2.49. The molecule has 8 nitrogen and oxygen atoms in total. The minimum absolute atomic E-state index is 0.127. The van der Waals surface area contributed by atoms with Crippen LogP contribution in [0.25, 0.3) is 0 Å². The minimum atomic E-state index is -0.703. The lowest BCUT2D eigenvalue weighted by molar-refractivity contribution is -0.393. The van der Waals surface area contributed by atoms with Crippen LogP contribution in [0.15, 0.2) is 41.6 Å². The van der Waals surface area contributed by atoms with Gasteiger partial charge in [-0.25, -0.2) is 0 Å². The van der Waals surface area contributed by atoms with E-state index >= 15 is 0 Å². The van der Waals surface area contributed by atoms with Gasteiger partial charge in [0.05, 0.1) is 15.9 Å². The zero-order valence-electron chi connectivity index (χ0n) is 11.4. The van der Waals surface area contributed by atoms with Gasteiger partial charge in [-0.2, -0.15) is 0 Å². The Morgan fingerprint density at radius 2 is 1.81 bits per heavy atom. The van der Waals surface area contributed by atoms with Gasteiger partial charge in [-0.3, -0.25) is 25.0 Å². The van der Waals surface area contributed by atoms with Gasteiger partial charge in [0.2, 0.25) is 0 Å².